The number of piperidine rings is 1. The zero-order valence-corrected chi connectivity index (χ0v) is 13.7. The zero-order chi connectivity index (χ0) is 16.1. The first-order valence-corrected chi connectivity index (χ1v) is 8.72. The van der Waals surface area contributed by atoms with Gasteiger partial charge in [0.05, 0.1) is 18.3 Å². The van der Waals surface area contributed by atoms with E-state index in [1.807, 2.05) is 17.0 Å². The highest BCUT2D eigenvalue weighted by atomic mass is 16.5. The summed E-state index contributed by atoms with van der Waals surface area (Å²) in [6, 6.07) is 7.29. The Morgan fingerprint density at radius 1 is 1.13 bits per heavy atom. The van der Waals surface area contributed by atoms with Gasteiger partial charge in [0.15, 0.2) is 0 Å². The standard InChI is InChI=1S/C18H27N3O2/c19-17-6-2-1-5-16(17)18(22)21-11-7-15(8-12-21)23-14-13-20-9-3-4-10-20/h1-2,5-6,15H,3-4,7-14,19H2. The van der Waals surface area contributed by atoms with Crippen molar-refractivity contribution in [2.24, 2.45) is 0 Å². The van der Waals surface area contributed by atoms with Crippen molar-refractivity contribution in [2.45, 2.75) is 31.8 Å². The lowest BCUT2D eigenvalue weighted by Gasteiger charge is -2.32. The van der Waals surface area contributed by atoms with Gasteiger partial charge in [0.2, 0.25) is 0 Å². The van der Waals surface area contributed by atoms with Crippen LogP contribution in [-0.2, 0) is 4.74 Å². The number of anilines is 1. The lowest BCUT2D eigenvalue weighted by molar-refractivity contribution is 0.00211. The lowest BCUT2D eigenvalue weighted by Crippen LogP contribution is -2.41. The average Bonchev–Trinajstić information content (AvgIpc) is 3.09. The third-order valence-electron chi connectivity index (χ3n) is 4.88. The van der Waals surface area contributed by atoms with Crippen LogP contribution in [0.1, 0.15) is 36.0 Å². The molecule has 5 heteroatoms. The number of likely N-dealkylation sites (tertiary alicyclic amines) is 2. The van der Waals surface area contributed by atoms with Gasteiger partial charge in [0.1, 0.15) is 0 Å². The van der Waals surface area contributed by atoms with Crippen LogP contribution < -0.4 is 5.73 Å². The molecule has 2 N–H and O–H groups in total. The van der Waals surface area contributed by atoms with Crippen LogP contribution >= 0.6 is 0 Å². The fourth-order valence-corrected chi connectivity index (χ4v) is 3.44. The summed E-state index contributed by atoms with van der Waals surface area (Å²) in [4.78, 5) is 16.9. The van der Waals surface area contributed by atoms with Crippen molar-refractivity contribution in [1.29, 1.82) is 0 Å². The minimum atomic E-state index is 0.0404. The highest BCUT2D eigenvalue weighted by Gasteiger charge is 2.25. The Kier molecular flexibility index (Phi) is 5.51. The van der Waals surface area contributed by atoms with Gasteiger partial charge in [-0.15, -0.1) is 0 Å². The van der Waals surface area contributed by atoms with E-state index in [1.54, 1.807) is 12.1 Å². The number of nitrogens with two attached hydrogens (primary N) is 1. The summed E-state index contributed by atoms with van der Waals surface area (Å²) in [5.41, 5.74) is 7.07. The molecule has 2 aliphatic heterocycles. The van der Waals surface area contributed by atoms with Gasteiger partial charge in [-0.3, -0.25) is 4.79 Å². The Hall–Kier alpha value is -1.59. The van der Waals surface area contributed by atoms with Crippen molar-refractivity contribution in [2.75, 3.05) is 45.1 Å². The Bertz CT molecular complexity index is 521. The molecule has 0 atom stereocenters. The predicted octanol–water partition coefficient (Wildman–Crippen LogP) is 1.99. The third-order valence-corrected chi connectivity index (χ3v) is 4.88. The number of carbonyl (C=O) groups excluding carboxylic acids is 1. The number of hydrogen-bond donors (Lipinski definition) is 1. The first kappa shape index (κ1) is 16.3. The normalized spacial score (nSPS) is 20.1. The number of nitrogen functional groups attached to an aromatic ring is 1. The Labute approximate surface area is 138 Å². The number of carbonyl (C=O) groups is 1. The third kappa shape index (κ3) is 4.24. The van der Waals surface area contributed by atoms with Crippen molar-refractivity contribution < 1.29 is 9.53 Å². The number of nitrogens with zero attached hydrogens (tertiary/aromatic N) is 2. The summed E-state index contributed by atoms with van der Waals surface area (Å²) in [5, 5.41) is 0. The summed E-state index contributed by atoms with van der Waals surface area (Å²) < 4.78 is 6.00. The maximum absolute atomic E-state index is 12.5. The Morgan fingerprint density at radius 3 is 2.52 bits per heavy atom. The first-order valence-electron chi connectivity index (χ1n) is 8.72. The second kappa shape index (κ2) is 7.79. The van der Waals surface area contributed by atoms with Crippen molar-refractivity contribution >= 4 is 11.6 Å². The molecular weight excluding hydrogens is 290 g/mol. The average molecular weight is 317 g/mol. The van der Waals surface area contributed by atoms with Crippen molar-refractivity contribution in [3.8, 4) is 0 Å². The number of rotatable bonds is 5. The van der Waals surface area contributed by atoms with Gasteiger partial charge in [0, 0.05) is 25.3 Å². The van der Waals surface area contributed by atoms with Crippen LogP contribution in [0.2, 0.25) is 0 Å². The molecule has 1 aromatic rings. The van der Waals surface area contributed by atoms with Crippen LogP contribution in [-0.4, -0.2) is 61.1 Å². The van der Waals surface area contributed by atoms with Crippen LogP contribution in [0.5, 0.6) is 0 Å². The lowest BCUT2D eigenvalue weighted by atomic mass is 10.1. The second-order valence-electron chi connectivity index (χ2n) is 6.50. The molecule has 0 spiro atoms. The molecule has 0 unspecified atom stereocenters. The molecule has 2 aliphatic rings. The quantitative estimate of drug-likeness (QED) is 0.844. The zero-order valence-electron chi connectivity index (χ0n) is 13.7. The van der Waals surface area contributed by atoms with E-state index in [9.17, 15) is 4.79 Å². The molecule has 1 amide bonds. The van der Waals surface area contributed by atoms with E-state index in [-0.39, 0.29) is 12.0 Å². The second-order valence-corrected chi connectivity index (χ2v) is 6.50. The number of hydrogen-bond acceptors (Lipinski definition) is 4. The van der Waals surface area contributed by atoms with Crippen LogP contribution in [0, 0.1) is 0 Å². The number of benzene rings is 1. The fraction of sp³-hybridized carbons (Fsp3) is 0.611. The van der Waals surface area contributed by atoms with Crippen LogP contribution in [0.3, 0.4) is 0 Å². The fourth-order valence-electron chi connectivity index (χ4n) is 3.44. The molecule has 23 heavy (non-hydrogen) atoms. The van der Waals surface area contributed by atoms with Gasteiger partial charge in [0.25, 0.3) is 5.91 Å². The molecular formula is C18H27N3O2. The molecule has 2 heterocycles. The highest BCUT2D eigenvalue weighted by Crippen LogP contribution is 2.19. The Balaban J connectivity index is 1.41. The van der Waals surface area contributed by atoms with Gasteiger partial charge in [-0.1, -0.05) is 12.1 Å². The minimum Gasteiger partial charge on any atom is -0.398 e. The maximum atomic E-state index is 12.5. The van der Waals surface area contributed by atoms with Gasteiger partial charge < -0.3 is 20.3 Å². The highest BCUT2D eigenvalue weighted by molar-refractivity contribution is 5.99. The van der Waals surface area contributed by atoms with Gasteiger partial charge >= 0.3 is 0 Å². The molecule has 126 valence electrons. The topological polar surface area (TPSA) is 58.8 Å². The largest absolute Gasteiger partial charge is 0.398 e. The molecule has 0 aromatic heterocycles. The maximum Gasteiger partial charge on any atom is 0.255 e. The van der Waals surface area contributed by atoms with E-state index >= 15 is 0 Å². The molecule has 0 aliphatic carbocycles. The van der Waals surface area contributed by atoms with E-state index < -0.39 is 0 Å². The van der Waals surface area contributed by atoms with E-state index in [0.29, 0.717) is 11.3 Å². The molecule has 2 saturated heterocycles. The van der Waals surface area contributed by atoms with E-state index in [1.165, 1.54) is 25.9 Å². The van der Waals surface area contributed by atoms with Gasteiger partial charge in [-0.05, 0) is 50.9 Å². The monoisotopic (exact) mass is 317 g/mol. The smallest absolute Gasteiger partial charge is 0.255 e. The molecule has 2 fully saturated rings. The van der Waals surface area contributed by atoms with Crippen molar-refractivity contribution in [3.05, 3.63) is 29.8 Å². The molecule has 1 aromatic carbocycles. The predicted molar refractivity (Wildman–Crippen MR) is 91.4 cm³/mol. The van der Waals surface area contributed by atoms with Crippen LogP contribution in [0.15, 0.2) is 24.3 Å². The van der Waals surface area contributed by atoms with Crippen LogP contribution in [0.4, 0.5) is 5.69 Å². The number of ether oxygens (including phenoxy) is 1. The number of amides is 1. The Morgan fingerprint density at radius 2 is 1.83 bits per heavy atom. The summed E-state index contributed by atoms with van der Waals surface area (Å²) in [7, 11) is 0. The SMILES string of the molecule is Nc1ccccc1C(=O)N1CCC(OCCN2CCCC2)CC1. The van der Waals surface area contributed by atoms with Crippen molar-refractivity contribution in [3.63, 3.8) is 0 Å². The van der Waals surface area contributed by atoms with Gasteiger partial charge in [-0.25, -0.2) is 0 Å². The summed E-state index contributed by atoms with van der Waals surface area (Å²) in [6.45, 7) is 5.79. The summed E-state index contributed by atoms with van der Waals surface area (Å²) >= 11 is 0. The molecule has 0 bridgehead atoms. The molecule has 3 rings (SSSR count). The summed E-state index contributed by atoms with van der Waals surface area (Å²) in [6.07, 6.45) is 4.76. The first-order chi connectivity index (χ1) is 11.2. The van der Waals surface area contributed by atoms with E-state index in [0.717, 1.165) is 39.1 Å². The number of para-hydroxylation sites is 1. The molecule has 0 radical (unpaired) electrons. The van der Waals surface area contributed by atoms with Crippen LogP contribution in [0.25, 0.3) is 0 Å². The van der Waals surface area contributed by atoms with Gasteiger partial charge in [-0.2, -0.15) is 0 Å². The van der Waals surface area contributed by atoms with Crippen molar-refractivity contribution in [1.82, 2.24) is 9.80 Å². The minimum absolute atomic E-state index is 0.0404. The summed E-state index contributed by atoms with van der Waals surface area (Å²) in [5.74, 6) is 0.0404. The molecule has 5 nitrogen and oxygen atoms in total. The van der Waals surface area contributed by atoms with E-state index in [2.05, 4.69) is 4.90 Å². The molecule has 0 saturated carbocycles. The van der Waals surface area contributed by atoms with E-state index in [4.69, 9.17) is 10.5 Å².